The van der Waals surface area contributed by atoms with Gasteiger partial charge in [0.1, 0.15) is 0 Å². The van der Waals surface area contributed by atoms with Crippen molar-refractivity contribution in [1.82, 2.24) is 10.6 Å². The highest BCUT2D eigenvalue weighted by Gasteiger charge is 2.33. The first-order chi connectivity index (χ1) is 10.1. The van der Waals surface area contributed by atoms with E-state index in [-0.39, 0.29) is 0 Å². The van der Waals surface area contributed by atoms with Crippen molar-refractivity contribution in [2.45, 2.75) is 25.9 Å². The molecule has 2 unspecified atom stereocenters. The van der Waals surface area contributed by atoms with Gasteiger partial charge in [0.15, 0.2) is 5.96 Å². The molecule has 1 aromatic carbocycles. The molecular formula is C15H22N4O2. The average Bonchev–Trinajstić information content (AvgIpc) is 3.20. The molecule has 1 saturated carbocycles. The molecule has 1 aliphatic carbocycles. The number of rotatable bonds is 4. The Hall–Kier alpha value is -2.24. The summed E-state index contributed by atoms with van der Waals surface area (Å²) in [5, 5.41) is 9.26. The average molecular weight is 290 g/mol. The molecule has 0 aromatic heterocycles. The third-order valence-corrected chi connectivity index (χ3v) is 3.50. The summed E-state index contributed by atoms with van der Waals surface area (Å²) in [6, 6.07) is 8.12. The van der Waals surface area contributed by atoms with Gasteiger partial charge in [-0.25, -0.2) is 4.79 Å². The number of nitrogens with one attached hydrogen (secondary N) is 3. The van der Waals surface area contributed by atoms with Crippen LogP contribution in [0.5, 0.6) is 0 Å². The Morgan fingerprint density at radius 3 is 2.57 bits per heavy atom. The molecular weight excluding hydrogens is 268 g/mol. The molecule has 1 amide bonds. The fourth-order valence-corrected chi connectivity index (χ4v) is 1.95. The maximum Gasteiger partial charge on any atom is 0.411 e. The number of hydrogen-bond donors (Lipinski definition) is 3. The Kier molecular flexibility index (Phi) is 5.03. The number of anilines is 1. The van der Waals surface area contributed by atoms with Crippen LogP contribution in [-0.4, -0.2) is 32.3 Å². The predicted molar refractivity (Wildman–Crippen MR) is 83.4 cm³/mol. The van der Waals surface area contributed by atoms with Crippen LogP contribution >= 0.6 is 0 Å². The fraction of sp³-hybridized carbons (Fsp3) is 0.467. The molecule has 0 saturated heterocycles. The van der Waals surface area contributed by atoms with Gasteiger partial charge in [0.05, 0.1) is 7.11 Å². The van der Waals surface area contributed by atoms with Crippen LogP contribution in [0.3, 0.4) is 0 Å². The van der Waals surface area contributed by atoms with Crippen LogP contribution in [0.2, 0.25) is 0 Å². The Balaban J connectivity index is 1.81. The summed E-state index contributed by atoms with van der Waals surface area (Å²) in [4.78, 5) is 15.3. The minimum absolute atomic E-state index is 0.468. The van der Waals surface area contributed by atoms with Gasteiger partial charge in [-0.2, -0.15) is 0 Å². The molecule has 21 heavy (non-hydrogen) atoms. The van der Waals surface area contributed by atoms with Crippen LogP contribution in [0.1, 0.15) is 18.9 Å². The zero-order valence-corrected chi connectivity index (χ0v) is 12.6. The summed E-state index contributed by atoms with van der Waals surface area (Å²) in [5.74, 6) is 1.55. The Morgan fingerprint density at radius 2 is 2.05 bits per heavy atom. The highest BCUT2D eigenvalue weighted by atomic mass is 16.5. The van der Waals surface area contributed by atoms with E-state index in [0.717, 1.165) is 17.4 Å². The summed E-state index contributed by atoms with van der Waals surface area (Å²) >= 11 is 0. The SMILES string of the molecule is CN=C(NCc1ccc(NC(=O)OC)cc1)NC1CC1C. The second-order valence-electron chi connectivity index (χ2n) is 5.20. The lowest BCUT2D eigenvalue weighted by Crippen LogP contribution is -2.38. The third-order valence-electron chi connectivity index (χ3n) is 3.50. The molecule has 114 valence electrons. The monoisotopic (exact) mass is 290 g/mol. The number of benzene rings is 1. The van der Waals surface area contributed by atoms with Crippen molar-refractivity contribution in [2.24, 2.45) is 10.9 Å². The molecule has 6 nitrogen and oxygen atoms in total. The number of nitrogens with zero attached hydrogens (tertiary/aromatic N) is 1. The van der Waals surface area contributed by atoms with Gasteiger partial charge in [-0.15, -0.1) is 0 Å². The maximum atomic E-state index is 11.1. The second-order valence-corrected chi connectivity index (χ2v) is 5.20. The minimum atomic E-state index is -0.468. The van der Waals surface area contributed by atoms with Crippen molar-refractivity contribution >= 4 is 17.7 Å². The number of hydrogen-bond acceptors (Lipinski definition) is 3. The van der Waals surface area contributed by atoms with E-state index < -0.39 is 6.09 Å². The molecule has 0 bridgehead atoms. The van der Waals surface area contributed by atoms with E-state index in [9.17, 15) is 4.79 Å². The predicted octanol–water partition coefficient (Wildman–Crippen LogP) is 1.94. The summed E-state index contributed by atoms with van der Waals surface area (Å²) in [6.07, 6.45) is 0.734. The Morgan fingerprint density at radius 1 is 1.38 bits per heavy atom. The lowest BCUT2D eigenvalue weighted by atomic mass is 10.2. The van der Waals surface area contributed by atoms with Crippen LogP contribution < -0.4 is 16.0 Å². The van der Waals surface area contributed by atoms with E-state index in [1.54, 1.807) is 7.05 Å². The van der Waals surface area contributed by atoms with Gasteiger partial charge in [0.25, 0.3) is 0 Å². The molecule has 1 fully saturated rings. The number of guanidine groups is 1. The van der Waals surface area contributed by atoms with E-state index in [4.69, 9.17) is 0 Å². The molecule has 2 rings (SSSR count). The van der Waals surface area contributed by atoms with Gasteiger partial charge in [-0.3, -0.25) is 10.3 Å². The summed E-state index contributed by atoms with van der Waals surface area (Å²) < 4.78 is 4.54. The summed E-state index contributed by atoms with van der Waals surface area (Å²) in [6.45, 7) is 2.90. The molecule has 0 aliphatic heterocycles. The van der Waals surface area contributed by atoms with Crippen LogP contribution in [0.4, 0.5) is 10.5 Å². The number of ether oxygens (including phenoxy) is 1. The topological polar surface area (TPSA) is 74.8 Å². The molecule has 0 heterocycles. The molecule has 2 atom stereocenters. The summed E-state index contributed by atoms with van der Waals surface area (Å²) in [5.41, 5.74) is 1.82. The van der Waals surface area contributed by atoms with Crippen LogP contribution in [-0.2, 0) is 11.3 Å². The van der Waals surface area contributed by atoms with E-state index in [2.05, 4.69) is 32.6 Å². The third kappa shape index (κ3) is 4.66. The van der Waals surface area contributed by atoms with E-state index in [1.165, 1.54) is 13.5 Å². The number of carbonyl (C=O) groups is 1. The van der Waals surface area contributed by atoms with Gasteiger partial charge in [-0.05, 0) is 30.0 Å². The molecule has 1 aliphatic rings. The number of carbonyl (C=O) groups excluding carboxylic acids is 1. The Bertz CT molecular complexity index is 513. The minimum Gasteiger partial charge on any atom is -0.453 e. The van der Waals surface area contributed by atoms with E-state index in [1.807, 2.05) is 24.3 Å². The van der Waals surface area contributed by atoms with Crippen LogP contribution in [0.15, 0.2) is 29.3 Å². The standard InChI is InChI=1S/C15H22N4O2/c1-10-8-13(10)19-14(16-2)17-9-11-4-6-12(7-5-11)18-15(20)21-3/h4-7,10,13H,8-9H2,1-3H3,(H,18,20)(H2,16,17,19). The van der Waals surface area contributed by atoms with Gasteiger partial charge >= 0.3 is 6.09 Å². The quantitative estimate of drug-likeness (QED) is 0.585. The molecule has 3 N–H and O–H groups in total. The highest BCUT2D eigenvalue weighted by molar-refractivity contribution is 5.84. The largest absolute Gasteiger partial charge is 0.453 e. The zero-order chi connectivity index (χ0) is 15.2. The van der Waals surface area contributed by atoms with E-state index in [0.29, 0.717) is 18.3 Å². The van der Waals surface area contributed by atoms with Gasteiger partial charge < -0.3 is 15.4 Å². The van der Waals surface area contributed by atoms with Gasteiger partial charge in [0.2, 0.25) is 0 Å². The number of amides is 1. The first kappa shape index (κ1) is 15.2. The van der Waals surface area contributed by atoms with Crippen molar-refractivity contribution in [2.75, 3.05) is 19.5 Å². The highest BCUT2D eigenvalue weighted by Crippen LogP contribution is 2.28. The smallest absolute Gasteiger partial charge is 0.411 e. The van der Waals surface area contributed by atoms with Gasteiger partial charge in [-0.1, -0.05) is 19.1 Å². The van der Waals surface area contributed by atoms with Crippen molar-refractivity contribution in [1.29, 1.82) is 0 Å². The van der Waals surface area contributed by atoms with Gasteiger partial charge in [0, 0.05) is 25.3 Å². The normalized spacial score (nSPS) is 20.6. The van der Waals surface area contributed by atoms with Crippen molar-refractivity contribution < 1.29 is 9.53 Å². The summed E-state index contributed by atoms with van der Waals surface area (Å²) in [7, 11) is 3.11. The molecule has 6 heteroatoms. The van der Waals surface area contributed by atoms with Crippen molar-refractivity contribution in [3.05, 3.63) is 29.8 Å². The van der Waals surface area contributed by atoms with Crippen LogP contribution in [0, 0.1) is 5.92 Å². The lowest BCUT2D eigenvalue weighted by Gasteiger charge is -2.12. The molecule has 0 spiro atoms. The first-order valence-corrected chi connectivity index (χ1v) is 7.03. The van der Waals surface area contributed by atoms with Crippen LogP contribution in [0.25, 0.3) is 0 Å². The molecule has 0 radical (unpaired) electrons. The first-order valence-electron chi connectivity index (χ1n) is 7.03. The lowest BCUT2D eigenvalue weighted by molar-refractivity contribution is 0.187. The maximum absolute atomic E-state index is 11.1. The number of aliphatic imine (C=N–C) groups is 1. The second kappa shape index (κ2) is 6.97. The number of methoxy groups -OCH3 is 1. The fourth-order valence-electron chi connectivity index (χ4n) is 1.95. The Labute approximate surface area is 125 Å². The van der Waals surface area contributed by atoms with E-state index >= 15 is 0 Å². The molecule has 1 aromatic rings. The van der Waals surface area contributed by atoms with Crippen molar-refractivity contribution in [3.63, 3.8) is 0 Å². The zero-order valence-electron chi connectivity index (χ0n) is 12.6. The van der Waals surface area contributed by atoms with Crippen molar-refractivity contribution in [3.8, 4) is 0 Å².